The van der Waals surface area contributed by atoms with E-state index in [1.54, 1.807) is 31.2 Å². The summed E-state index contributed by atoms with van der Waals surface area (Å²) >= 11 is 5.91. The lowest BCUT2D eigenvalue weighted by Gasteiger charge is -2.30. The molecule has 1 aliphatic rings. The quantitative estimate of drug-likeness (QED) is 0.925. The van der Waals surface area contributed by atoms with E-state index in [0.717, 1.165) is 5.39 Å². The van der Waals surface area contributed by atoms with Crippen LogP contribution in [0.5, 0.6) is 0 Å². The van der Waals surface area contributed by atoms with Crippen molar-refractivity contribution in [2.45, 2.75) is 25.3 Å². The van der Waals surface area contributed by atoms with Crippen molar-refractivity contribution in [3.05, 3.63) is 35.0 Å². The fourth-order valence-corrected chi connectivity index (χ4v) is 2.94. The van der Waals surface area contributed by atoms with Gasteiger partial charge in [0.15, 0.2) is 5.76 Å². The number of rotatable bonds is 2. The summed E-state index contributed by atoms with van der Waals surface area (Å²) in [6.45, 7) is 1.99. The third-order valence-corrected chi connectivity index (χ3v) is 4.27. The highest BCUT2D eigenvalue weighted by Gasteiger charge is 2.46. The molecular formula is C15H14ClNO4. The van der Waals surface area contributed by atoms with Crippen molar-refractivity contribution in [3.8, 4) is 0 Å². The number of furan rings is 1. The molecule has 0 bridgehead atoms. The molecule has 1 aromatic carbocycles. The van der Waals surface area contributed by atoms with Crippen LogP contribution in [-0.4, -0.2) is 34.0 Å². The molecule has 2 heterocycles. The van der Waals surface area contributed by atoms with Crippen LogP contribution < -0.4 is 0 Å². The van der Waals surface area contributed by atoms with Gasteiger partial charge in [0, 0.05) is 17.0 Å². The molecular weight excluding hydrogens is 294 g/mol. The second kappa shape index (κ2) is 4.77. The zero-order valence-electron chi connectivity index (χ0n) is 11.4. The maximum atomic E-state index is 12.6. The van der Waals surface area contributed by atoms with Gasteiger partial charge in [0.05, 0.1) is 0 Å². The number of hydrogen-bond donors (Lipinski definition) is 1. The Morgan fingerprint density at radius 2 is 2.14 bits per heavy atom. The molecule has 0 aliphatic carbocycles. The largest absolute Gasteiger partial charge is 0.480 e. The van der Waals surface area contributed by atoms with E-state index in [9.17, 15) is 14.7 Å². The third-order valence-electron chi connectivity index (χ3n) is 4.04. The monoisotopic (exact) mass is 307 g/mol. The van der Waals surface area contributed by atoms with Crippen molar-refractivity contribution in [1.29, 1.82) is 0 Å². The Hall–Kier alpha value is -2.01. The lowest BCUT2D eigenvalue weighted by molar-refractivity contribution is -0.147. The Morgan fingerprint density at radius 1 is 1.38 bits per heavy atom. The number of fused-ring (bicyclic) bond motifs is 1. The predicted octanol–water partition coefficient (Wildman–Crippen LogP) is 3.17. The Labute approximate surface area is 126 Å². The van der Waals surface area contributed by atoms with Gasteiger partial charge in [-0.15, -0.1) is 0 Å². The van der Waals surface area contributed by atoms with Crippen molar-refractivity contribution in [2.75, 3.05) is 6.54 Å². The van der Waals surface area contributed by atoms with E-state index in [0.29, 0.717) is 30.0 Å². The number of hydrogen-bond acceptors (Lipinski definition) is 3. The number of carboxylic acid groups (broad SMARTS) is 1. The number of benzene rings is 1. The topological polar surface area (TPSA) is 70.8 Å². The van der Waals surface area contributed by atoms with Gasteiger partial charge < -0.3 is 14.4 Å². The van der Waals surface area contributed by atoms with Crippen molar-refractivity contribution >= 4 is 34.4 Å². The van der Waals surface area contributed by atoms with Gasteiger partial charge in [0.25, 0.3) is 5.91 Å². The van der Waals surface area contributed by atoms with Gasteiger partial charge in [-0.05, 0) is 44.0 Å². The van der Waals surface area contributed by atoms with Crippen LogP contribution in [0, 0.1) is 0 Å². The van der Waals surface area contributed by atoms with Gasteiger partial charge in [-0.3, -0.25) is 4.79 Å². The molecule has 0 spiro atoms. The Morgan fingerprint density at radius 3 is 2.86 bits per heavy atom. The summed E-state index contributed by atoms with van der Waals surface area (Å²) in [5, 5.41) is 10.7. The summed E-state index contributed by atoms with van der Waals surface area (Å²) in [5.74, 6) is -1.25. The maximum Gasteiger partial charge on any atom is 0.329 e. The normalized spacial score (nSPS) is 21.9. The first-order chi connectivity index (χ1) is 9.91. The van der Waals surface area contributed by atoms with E-state index in [2.05, 4.69) is 0 Å². The van der Waals surface area contributed by atoms with Crippen molar-refractivity contribution in [1.82, 2.24) is 4.90 Å². The first-order valence-corrected chi connectivity index (χ1v) is 7.04. The second-order valence-corrected chi connectivity index (χ2v) is 5.87. The molecule has 0 radical (unpaired) electrons. The average Bonchev–Trinajstić information content (AvgIpc) is 3.01. The summed E-state index contributed by atoms with van der Waals surface area (Å²) in [5.41, 5.74) is -0.618. The molecule has 1 aromatic heterocycles. The first-order valence-electron chi connectivity index (χ1n) is 6.66. The van der Waals surface area contributed by atoms with E-state index in [1.165, 1.54) is 4.90 Å². The standard InChI is InChI=1S/C15H14ClNO4/c1-15(14(19)20)5-2-6-17(15)13(18)12-8-9-7-10(16)3-4-11(9)21-12/h3-4,7-8H,2,5-6H2,1H3,(H,19,20). The van der Waals surface area contributed by atoms with Gasteiger partial charge in [-0.1, -0.05) is 11.6 Å². The van der Waals surface area contributed by atoms with Gasteiger partial charge in [-0.25, -0.2) is 4.79 Å². The summed E-state index contributed by atoms with van der Waals surface area (Å²) in [7, 11) is 0. The molecule has 1 amide bonds. The Balaban J connectivity index is 1.98. The highest BCUT2D eigenvalue weighted by atomic mass is 35.5. The summed E-state index contributed by atoms with van der Waals surface area (Å²) in [6.07, 6.45) is 1.11. The second-order valence-electron chi connectivity index (χ2n) is 5.43. The fraction of sp³-hybridized carbons (Fsp3) is 0.333. The van der Waals surface area contributed by atoms with Crippen molar-refractivity contribution < 1.29 is 19.1 Å². The number of halogens is 1. The zero-order valence-corrected chi connectivity index (χ0v) is 12.2. The predicted molar refractivity (Wildman–Crippen MR) is 77.5 cm³/mol. The van der Waals surface area contributed by atoms with E-state index in [1.807, 2.05) is 0 Å². The zero-order chi connectivity index (χ0) is 15.2. The molecule has 1 fully saturated rings. The van der Waals surface area contributed by atoms with Crippen LogP contribution in [0.25, 0.3) is 11.0 Å². The fourth-order valence-electron chi connectivity index (χ4n) is 2.76. The van der Waals surface area contributed by atoms with Gasteiger partial charge in [-0.2, -0.15) is 0 Å². The Kier molecular flexibility index (Phi) is 3.17. The average molecular weight is 308 g/mol. The van der Waals surface area contributed by atoms with E-state index >= 15 is 0 Å². The lowest BCUT2D eigenvalue weighted by Crippen LogP contribution is -2.50. The SMILES string of the molecule is CC1(C(=O)O)CCCN1C(=O)c1cc2cc(Cl)ccc2o1. The molecule has 0 saturated carbocycles. The van der Waals surface area contributed by atoms with Crippen LogP contribution in [0.15, 0.2) is 28.7 Å². The molecule has 2 aromatic rings. The maximum absolute atomic E-state index is 12.6. The van der Waals surface area contributed by atoms with Gasteiger partial charge in [0.1, 0.15) is 11.1 Å². The molecule has 1 atom stereocenters. The summed E-state index contributed by atoms with van der Waals surface area (Å²) in [4.78, 5) is 25.4. The molecule has 6 heteroatoms. The van der Waals surface area contributed by atoms with Crippen LogP contribution in [0.2, 0.25) is 5.02 Å². The van der Waals surface area contributed by atoms with Gasteiger partial charge in [0.2, 0.25) is 0 Å². The van der Waals surface area contributed by atoms with Crippen LogP contribution >= 0.6 is 11.6 Å². The van der Waals surface area contributed by atoms with E-state index in [4.69, 9.17) is 16.0 Å². The molecule has 110 valence electrons. The number of carbonyl (C=O) groups is 2. The minimum atomic E-state index is -1.17. The highest BCUT2D eigenvalue weighted by Crippen LogP contribution is 2.32. The molecule has 1 N–H and O–H groups in total. The molecule has 3 rings (SSSR count). The van der Waals surface area contributed by atoms with Gasteiger partial charge >= 0.3 is 5.97 Å². The smallest absolute Gasteiger partial charge is 0.329 e. The highest BCUT2D eigenvalue weighted by molar-refractivity contribution is 6.31. The van der Waals surface area contributed by atoms with E-state index in [-0.39, 0.29) is 5.76 Å². The van der Waals surface area contributed by atoms with Crippen LogP contribution in [0.4, 0.5) is 0 Å². The number of likely N-dealkylation sites (tertiary alicyclic amines) is 1. The first kappa shape index (κ1) is 13.9. The van der Waals surface area contributed by atoms with Crippen molar-refractivity contribution in [2.24, 2.45) is 0 Å². The minimum Gasteiger partial charge on any atom is -0.480 e. The molecule has 1 unspecified atom stereocenters. The lowest BCUT2D eigenvalue weighted by atomic mass is 9.99. The Bertz CT molecular complexity index is 738. The summed E-state index contributed by atoms with van der Waals surface area (Å²) < 4.78 is 5.53. The summed E-state index contributed by atoms with van der Waals surface area (Å²) in [6, 6.07) is 6.68. The number of aliphatic carboxylic acids is 1. The van der Waals surface area contributed by atoms with Crippen molar-refractivity contribution in [3.63, 3.8) is 0 Å². The van der Waals surface area contributed by atoms with Crippen LogP contribution in [0.1, 0.15) is 30.3 Å². The van der Waals surface area contributed by atoms with E-state index < -0.39 is 17.4 Å². The number of nitrogens with zero attached hydrogens (tertiary/aromatic N) is 1. The minimum absolute atomic E-state index is 0.140. The molecule has 5 nitrogen and oxygen atoms in total. The molecule has 21 heavy (non-hydrogen) atoms. The number of amides is 1. The van der Waals surface area contributed by atoms with Crippen LogP contribution in [-0.2, 0) is 4.79 Å². The number of carboxylic acids is 1. The third kappa shape index (κ3) is 2.17. The molecule has 1 aliphatic heterocycles. The molecule has 1 saturated heterocycles. The van der Waals surface area contributed by atoms with Crippen LogP contribution in [0.3, 0.4) is 0 Å². The number of carbonyl (C=O) groups excluding carboxylic acids is 1.